The fourth-order valence-electron chi connectivity index (χ4n) is 2.95. The molecule has 0 amide bonds. The number of hydrogen-bond acceptors (Lipinski definition) is 6. The van der Waals surface area contributed by atoms with Gasteiger partial charge in [-0.2, -0.15) is 0 Å². The Labute approximate surface area is 123 Å². The molecule has 1 aromatic heterocycles. The van der Waals surface area contributed by atoms with Gasteiger partial charge in [0.25, 0.3) is 0 Å². The third-order valence-electron chi connectivity index (χ3n) is 4.08. The van der Waals surface area contributed by atoms with Crippen molar-refractivity contribution in [2.75, 3.05) is 51.9 Å². The molecule has 3 atom stereocenters. The molecule has 3 heterocycles. The Kier molecular flexibility index (Phi) is 4.32. The molecule has 0 saturated carbocycles. The highest BCUT2D eigenvalue weighted by molar-refractivity contribution is 5.35. The van der Waals surface area contributed by atoms with E-state index in [1.54, 1.807) is 0 Å². The molecule has 1 aromatic rings. The summed E-state index contributed by atoms with van der Waals surface area (Å²) in [7, 11) is 4.05. The summed E-state index contributed by atoms with van der Waals surface area (Å²) in [5, 5.41) is 0. The average molecular weight is 296 g/mol. The third kappa shape index (κ3) is 3.14. The molecule has 6 nitrogen and oxygen atoms in total. The van der Waals surface area contributed by atoms with Crippen LogP contribution < -0.4 is 4.90 Å². The van der Waals surface area contributed by atoms with Crippen LogP contribution in [0.3, 0.4) is 0 Å². The first kappa shape index (κ1) is 14.6. The second-order valence-corrected chi connectivity index (χ2v) is 5.83. The molecule has 3 rings (SSSR count). The Balaban J connectivity index is 1.67. The van der Waals surface area contributed by atoms with Gasteiger partial charge in [0.2, 0.25) is 5.95 Å². The zero-order valence-corrected chi connectivity index (χ0v) is 12.4. The zero-order valence-electron chi connectivity index (χ0n) is 12.4. The maximum Gasteiger partial charge on any atom is 0.225 e. The molecule has 2 fully saturated rings. The summed E-state index contributed by atoms with van der Waals surface area (Å²) in [6, 6.07) is 0.222. The standard InChI is InChI=1S/C14H21FN4O2/c1-18(2)3-4-21-13-7-19(12-9-20-8-11(12)13)14-16-5-10(15)6-17-14/h5-6,11-13H,3-4,7-9H2,1-2H3/t11-,12+,13-/m1/s1. The van der Waals surface area contributed by atoms with Crippen LogP contribution in [0.5, 0.6) is 0 Å². The van der Waals surface area contributed by atoms with Gasteiger partial charge in [-0.05, 0) is 14.1 Å². The van der Waals surface area contributed by atoms with Crippen LogP contribution in [0.4, 0.5) is 10.3 Å². The van der Waals surface area contributed by atoms with Crippen molar-refractivity contribution >= 4 is 5.95 Å². The number of fused-ring (bicyclic) bond motifs is 1. The Morgan fingerprint density at radius 2 is 2.14 bits per heavy atom. The topological polar surface area (TPSA) is 50.7 Å². The van der Waals surface area contributed by atoms with E-state index >= 15 is 0 Å². The van der Waals surface area contributed by atoms with Gasteiger partial charge in [0.15, 0.2) is 5.82 Å². The largest absolute Gasteiger partial charge is 0.379 e. The molecule has 0 bridgehead atoms. The van der Waals surface area contributed by atoms with Gasteiger partial charge < -0.3 is 19.3 Å². The predicted molar refractivity (Wildman–Crippen MR) is 75.7 cm³/mol. The molecule has 0 radical (unpaired) electrons. The van der Waals surface area contributed by atoms with Crippen LogP contribution in [0.1, 0.15) is 0 Å². The minimum absolute atomic E-state index is 0.117. The first-order chi connectivity index (χ1) is 10.1. The first-order valence-electron chi connectivity index (χ1n) is 7.23. The van der Waals surface area contributed by atoms with Crippen molar-refractivity contribution in [3.8, 4) is 0 Å². The van der Waals surface area contributed by atoms with Crippen molar-refractivity contribution in [2.45, 2.75) is 12.1 Å². The first-order valence-corrected chi connectivity index (χ1v) is 7.23. The van der Waals surface area contributed by atoms with Crippen LogP contribution in [-0.2, 0) is 9.47 Å². The molecule has 7 heteroatoms. The number of rotatable bonds is 5. The van der Waals surface area contributed by atoms with Gasteiger partial charge in [-0.1, -0.05) is 0 Å². The van der Waals surface area contributed by atoms with Crippen LogP contribution >= 0.6 is 0 Å². The van der Waals surface area contributed by atoms with E-state index in [2.05, 4.69) is 19.8 Å². The van der Waals surface area contributed by atoms with E-state index in [1.165, 1.54) is 12.4 Å². The Morgan fingerprint density at radius 3 is 2.86 bits per heavy atom. The molecule has 0 unspecified atom stereocenters. The molecule has 0 N–H and O–H groups in total. The summed E-state index contributed by atoms with van der Waals surface area (Å²) in [5.41, 5.74) is 0. The third-order valence-corrected chi connectivity index (χ3v) is 4.08. The second-order valence-electron chi connectivity index (χ2n) is 5.83. The number of ether oxygens (including phenoxy) is 2. The lowest BCUT2D eigenvalue weighted by atomic mass is 10.0. The minimum atomic E-state index is -0.420. The molecule has 2 aliphatic heterocycles. The van der Waals surface area contributed by atoms with Crippen molar-refractivity contribution in [3.63, 3.8) is 0 Å². The Bertz CT molecular complexity index is 471. The number of nitrogens with zero attached hydrogens (tertiary/aromatic N) is 4. The molecular formula is C14H21FN4O2. The van der Waals surface area contributed by atoms with Crippen molar-refractivity contribution < 1.29 is 13.9 Å². The van der Waals surface area contributed by atoms with Crippen LogP contribution in [0.2, 0.25) is 0 Å². The van der Waals surface area contributed by atoms with Crippen LogP contribution in [0, 0.1) is 11.7 Å². The molecule has 2 aliphatic rings. The van der Waals surface area contributed by atoms with Gasteiger partial charge in [-0.15, -0.1) is 0 Å². The summed E-state index contributed by atoms with van der Waals surface area (Å²) in [6.45, 7) is 3.67. The lowest BCUT2D eigenvalue weighted by Gasteiger charge is -2.21. The highest BCUT2D eigenvalue weighted by Crippen LogP contribution is 2.34. The van der Waals surface area contributed by atoms with Crippen molar-refractivity contribution in [1.29, 1.82) is 0 Å². The summed E-state index contributed by atoms with van der Waals surface area (Å²) in [6.07, 6.45) is 2.52. The average Bonchev–Trinajstić information content (AvgIpc) is 3.03. The summed E-state index contributed by atoms with van der Waals surface area (Å²) in [5.74, 6) is 0.465. The van der Waals surface area contributed by atoms with E-state index in [9.17, 15) is 4.39 Å². The lowest BCUT2D eigenvalue weighted by Crippen LogP contribution is -2.34. The molecule has 2 saturated heterocycles. The van der Waals surface area contributed by atoms with Crippen molar-refractivity contribution in [3.05, 3.63) is 18.2 Å². The highest BCUT2D eigenvalue weighted by atomic mass is 19.1. The SMILES string of the molecule is CN(C)CCO[C@@H]1CN(c2ncc(F)cn2)[C@H]2COC[C@@H]12. The zero-order chi connectivity index (χ0) is 14.8. The number of likely N-dealkylation sites (N-methyl/N-ethyl adjacent to an activating group) is 1. The van der Waals surface area contributed by atoms with Gasteiger partial charge in [0, 0.05) is 19.0 Å². The lowest BCUT2D eigenvalue weighted by molar-refractivity contribution is 0.0204. The summed E-state index contributed by atoms with van der Waals surface area (Å²) < 4.78 is 24.6. The van der Waals surface area contributed by atoms with Gasteiger partial charge in [0.1, 0.15) is 0 Å². The molecule has 0 aliphatic carbocycles. The normalized spacial score (nSPS) is 28.4. The van der Waals surface area contributed by atoms with Crippen LogP contribution in [-0.4, -0.2) is 74.0 Å². The number of halogens is 1. The van der Waals surface area contributed by atoms with E-state index in [0.717, 1.165) is 13.1 Å². The quantitative estimate of drug-likeness (QED) is 0.784. The van der Waals surface area contributed by atoms with Gasteiger partial charge >= 0.3 is 0 Å². The van der Waals surface area contributed by atoms with E-state index in [1.807, 2.05) is 14.1 Å². The molecule has 116 valence electrons. The van der Waals surface area contributed by atoms with Gasteiger partial charge in [-0.3, -0.25) is 0 Å². The van der Waals surface area contributed by atoms with Crippen LogP contribution in [0.15, 0.2) is 12.4 Å². The van der Waals surface area contributed by atoms with E-state index in [-0.39, 0.29) is 12.1 Å². The highest BCUT2D eigenvalue weighted by Gasteiger charge is 2.47. The minimum Gasteiger partial charge on any atom is -0.379 e. The summed E-state index contributed by atoms with van der Waals surface area (Å²) in [4.78, 5) is 12.3. The monoisotopic (exact) mass is 296 g/mol. The molecule has 0 spiro atoms. The smallest absolute Gasteiger partial charge is 0.225 e. The van der Waals surface area contributed by atoms with E-state index in [4.69, 9.17) is 9.47 Å². The van der Waals surface area contributed by atoms with E-state index in [0.29, 0.717) is 31.7 Å². The van der Waals surface area contributed by atoms with E-state index < -0.39 is 5.82 Å². The fraction of sp³-hybridized carbons (Fsp3) is 0.714. The Hall–Kier alpha value is -1.31. The van der Waals surface area contributed by atoms with Crippen molar-refractivity contribution in [1.82, 2.24) is 14.9 Å². The van der Waals surface area contributed by atoms with Gasteiger partial charge in [0.05, 0.1) is 44.4 Å². The van der Waals surface area contributed by atoms with Crippen molar-refractivity contribution in [2.24, 2.45) is 5.92 Å². The van der Waals surface area contributed by atoms with Crippen LogP contribution in [0.25, 0.3) is 0 Å². The predicted octanol–water partition coefficient (Wildman–Crippen LogP) is 0.397. The molecule has 21 heavy (non-hydrogen) atoms. The molecular weight excluding hydrogens is 275 g/mol. The Morgan fingerprint density at radius 1 is 1.38 bits per heavy atom. The number of hydrogen-bond donors (Lipinski definition) is 0. The fourth-order valence-corrected chi connectivity index (χ4v) is 2.95. The van der Waals surface area contributed by atoms with Gasteiger partial charge in [-0.25, -0.2) is 14.4 Å². The summed E-state index contributed by atoms with van der Waals surface area (Å²) >= 11 is 0. The molecule has 0 aromatic carbocycles. The maximum atomic E-state index is 13.0. The number of aromatic nitrogens is 2. The number of anilines is 1. The maximum absolute atomic E-state index is 13.0. The second kappa shape index (κ2) is 6.21.